The molecule has 0 aromatic carbocycles. The van der Waals surface area contributed by atoms with Crippen molar-refractivity contribution in [1.29, 1.82) is 0 Å². The molecule has 0 fully saturated rings. The van der Waals surface area contributed by atoms with Crippen LogP contribution in [-0.4, -0.2) is 30.0 Å². The Labute approximate surface area is 192 Å². The molecule has 1 aliphatic heterocycles. The molecule has 5 heteroatoms. The van der Waals surface area contributed by atoms with Crippen LogP contribution in [0.1, 0.15) is 49.0 Å². The number of nitrogens with zero attached hydrogens (tertiary/aromatic N) is 2. The fourth-order valence-electron chi connectivity index (χ4n) is 5.47. The Morgan fingerprint density at radius 3 is 2.91 bits per heavy atom. The van der Waals surface area contributed by atoms with Crippen molar-refractivity contribution in [3.63, 3.8) is 0 Å². The molecule has 32 heavy (non-hydrogen) atoms. The van der Waals surface area contributed by atoms with Crippen LogP contribution in [0.5, 0.6) is 0 Å². The van der Waals surface area contributed by atoms with Gasteiger partial charge in [-0.2, -0.15) is 0 Å². The van der Waals surface area contributed by atoms with Crippen molar-refractivity contribution in [3.8, 4) is 0 Å². The number of aliphatic imine (C=N–C) groups is 2. The Morgan fingerprint density at radius 2 is 2.03 bits per heavy atom. The minimum atomic E-state index is -0.241. The number of hydrogen-bond acceptors (Lipinski definition) is 5. The van der Waals surface area contributed by atoms with Crippen molar-refractivity contribution in [2.75, 3.05) is 7.11 Å². The summed E-state index contributed by atoms with van der Waals surface area (Å²) in [6.07, 6.45) is 22.4. The molecule has 0 radical (unpaired) electrons. The molecule has 1 N–H and O–H groups in total. The summed E-state index contributed by atoms with van der Waals surface area (Å²) in [6, 6.07) is 0. The zero-order valence-electron chi connectivity index (χ0n) is 18.4. The first-order valence-electron chi connectivity index (χ1n) is 11.7. The first kappa shape index (κ1) is 20.1. The number of fused-ring (bicyclic) bond motifs is 4. The number of methoxy groups -OCH3 is 1. The third-order valence-electron chi connectivity index (χ3n) is 7.24. The number of amidine groups is 1. The van der Waals surface area contributed by atoms with Crippen molar-refractivity contribution in [2.24, 2.45) is 21.8 Å². The number of hydrogen-bond donors (Lipinski definition) is 1. The van der Waals surface area contributed by atoms with Gasteiger partial charge in [-0.3, -0.25) is 0 Å². The smallest absolute Gasteiger partial charge is 0.156 e. The van der Waals surface area contributed by atoms with Gasteiger partial charge in [-0.25, -0.2) is 9.98 Å². The van der Waals surface area contributed by atoms with E-state index in [4.69, 9.17) is 9.73 Å². The molecule has 0 saturated heterocycles. The lowest BCUT2D eigenvalue weighted by molar-refractivity contribution is 0.115. The number of thiophene rings is 1. The summed E-state index contributed by atoms with van der Waals surface area (Å²) in [4.78, 5) is 11.1. The van der Waals surface area contributed by atoms with E-state index >= 15 is 0 Å². The highest BCUT2D eigenvalue weighted by Gasteiger charge is 2.28. The van der Waals surface area contributed by atoms with Gasteiger partial charge in [0.1, 0.15) is 5.76 Å². The maximum Gasteiger partial charge on any atom is 0.156 e. The molecule has 1 aromatic heterocycles. The van der Waals surface area contributed by atoms with E-state index in [0.717, 1.165) is 37.0 Å². The lowest BCUT2D eigenvalue weighted by Gasteiger charge is -2.26. The molecule has 2 heterocycles. The van der Waals surface area contributed by atoms with Crippen LogP contribution >= 0.6 is 11.3 Å². The molecular formula is C27H28N2O2S. The van der Waals surface area contributed by atoms with Crippen LogP contribution in [0.25, 0.3) is 18.2 Å². The summed E-state index contributed by atoms with van der Waals surface area (Å²) in [5, 5.41) is 11.8. The predicted molar refractivity (Wildman–Crippen MR) is 132 cm³/mol. The van der Waals surface area contributed by atoms with E-state index < -0.39 is 0 Å². The summed E-state index contributed by atoms with van der Waals surface area (Å²) < 4.78 is 7.02. The Kier molecular flexibility index (Phi) is 5.11. The summed E-state index contributed by atoms with van der Waals surface area (Å²) in [5.74, 6) is 1.77. The molecule has 4 aliphatic carbocycles. The molecule has 164 valence electrons. The van der Waals surface area contributed by atoms with Gasteiger partial charge < -0.3 is 9.84 Å². The third kappa shape index (κ3) is 3.48. The van der Waals surface area contributed by atoms with E-state index in [1.807, 2.05) is 17.4 Å². The Bertz CT molecular complexity index is 1270. The van der Waals surface area contributed by atoms with Gasteiger partial charge in [0.25, 0.3) is 0 Å². The first-order valence-corrected chi connectivity index (χ1v) is 12.5. The fourth-order valence-corrected chi connectivity index (χ4v) is 6.78. The zero-order valence-corrected chi connectivity index (χ0v) is 19.2. The highest BCUT2D eigenvalue weighted by Crippen LogP contribution is 2.35. The molecule has 0 amide bonds. The Morgan fingerprint density at radius 1 is 1.12 bits per heavy atom. The van der Waals surface area contributed by atoms with Crippen LogP contribution in [0.2, 0.25) is 0 Å². The fraction of sp³-hybridized carbons (Fsp3) is 0.407. The van der Waals surface area contributed by atoms with E-state index in [0.29, 0.717) is 18.2 Å². The van der Waals surface area contributed by atoms with Crippen molar-refractivity contribution in [2.45, 2.75) is 51.2 Å². The molecular weight excluding hydrogens is 416 g/mol. The topological polar surface area (TPSA) is 54.2 Å². The second-order valence-corrected chi connectivity index (χ2v) is 10.3. The second kappa shape index (κ2) is 8.13. The van der Waals surface area contributed by atoms with E-state index in [1.165, 1.54) is 33.0 Å². The predicted octanol–water partition coefficient (Wildman–Crippen LogP) is 4.61. The quantitative estimate of drug-likeness (QED) is 0.692. The van der Waals surface area contributed by atoms with Gasteiger partial charge >= 0.3 is 0 Å². The number of aliphatic hydroxyl groups excluding tert-OH is 1. The largest absolute Gasteiger partial charge is 0.508 e. The average Bonchev–Trinajstić information content (AvgIpc) is 3.19. The maximum atomic E-state index is 10.4. The first-order chi connectivity index (χ1) is 15.7. The van der Waals surface area contributed by atoms with Crippen molar-refractivity contribution in [1.82, 2.24) is 0 Å². The van der Waals surface area contributed by atoms with Crippen LogP contribution < -0.4 is 9.75 Å². The molecule has 3 unspecified atom stereocenters. The monoisotopic (exact) mass is 444 g/mol. The van der Waals surface area contributed by atoms with Crippen LogP contribution in [0, 0.1) is 11.8 Å². The molecule has 0 bridgehead atoms. The van der Waals surface area contributed by atoms with Gasteiger partial charge in [0.2, 0.25) is 0 Å². The molecule has 0 spiro atoms. The molecule has 6 rings (SSSR count). The van der Waals surface area contributed by atoms with E-state index in [1.54, 1.807) is 18.8 Å². The van der Waals surface area contributed by atoms with E-state index in [-0.39, 0.29) is 17.9 Å². The van der Waals surface area contributed by atoms with Crippen LogP contribution in [0.15, 0.2) is 51.2 Å². The zero-order chi connectivity index (χ0) is 21.7. The standard InChI is InChI=1S/C27H28N2O2S/c1-31-26-15-22(28-27(29-26)20-8-4-5-9-23(20)30)18-10-11-19-21-12-16-6-2-3-7-17(16)13-25(21)32-24(19)14-18/h2,5-6,9,11,13-14,16,18,26,30H,3-4,7-8,10,12,15H2,1H3. The summed E-state index contributed by atoms with van der Waals surface area (Å²) >= 11 is 1.93. The van der Waals surface area contributed by atoms with Gasteiger partial charge in [0, 0.05) is 46.1 Å². The van der Waals surface area contributed by atoms with Gasteiger partial charge in [0.15, 0.2) is 12.1 Å². The SMILES string of the molecule is COC1CC(C2C=c3sc4c(c3=CC2)CC2C=CCCC2=C4)=NC(C2=C(O)C=CCC2)=N1. The molecule has 1 aromatic rings. The molecule has 3 atom stereocenters. The third-order valence-corrected chi connectivity index (χ3v) is 8.40. The number of aliphatic hydroxyl groups is 1. The molecule has 0 saturated carbocycles. The van der Waals surface area contributed by atoms with Gasteiger partial charge in [-0.15, -0.1) is 11.3 Å². The summed E-state index contributed by atoms with van der Waals surface area (Å²) in [5.41, 5.74) is 5.08. The summed E-state index contributed by atoms with van der Waals surface area (Å²) in [6.45, 7) is 0. The van der Waals surface area contributed by atoms with Crippen LogP contribution in [-0.2, 0) is 11.2 Å². The van der Waals surface area contributed by atoms with Crippen molar-refractivity contribution in [3.05, 3.63) is 61.4 Å². The molecule has 5 aliphatic rings. The normalized spacial score (nSPS) is 28.5. The highest BCUT2D eigenvalue weighted by molar-refractivity contribution is 7.11. The summed E-state index contributed by atoms with van der Waals surface area (Å²) in [7, 11) is 1.70. The second-order valence-electron chi connectivity index (χ2n) is 9.19. The van der Waals surface area contributed by atoms with Gasteiger partial charge in [0.05, 0.1) is 0 Å². The minimum absolute atomic E-state index is 0.241. The number of rotatable bonds is 3. The van der Waals surface area contributed by atoms with E-state index in [2.05, 4.69) is 35.4 Å². The average molecular weight is 445 g/mol. The van der Waals surface area contributed by atoms with Gasteiger partial charge in [-0.05, 0) is 61.5 Å². The lowest BCUT2D eigenvalue weighted by Crippen LogP contribution is -2.33. The molecule has 4 nitrogen and oxygen atoms in total. The highest BCUT2D eigenvalue weighted by atomic mass is 32.1. The van der Waals surface area contributed by atoms with Gasteiger partial charge in [-0.1, -0.05) is 36.0 Å². The number of ether oxygens (including phenoxy) is 1. The lowest BCUT2D eigenvalue weighted by atomic mass is 9.80. The minimum Gasteiger partial charge on any atom is -0.508 e. The van der Waals surface area contributed by atoms with Crippen molar-refractivity contribution >= 4 is 41.1 Å². The van der Waals surface area contributed by atoms with Crippen molar-refractivity contribution < 1.29 is 9.84 Å². The Balaban J connectivity index is 1.36. The maximum absolute atomic E-state index is 10.4. The van der Waals surface area contributed by atoms with E-state index in [9.17, 15) is 5.11 Å². The van der Waals surface area contributed by atoms with Crippen LogP contribution in [0.3, 0.4) is 0 Å². The number of allylic oxidation sites excluding steroid dienone is 5. The Hall–Kier alpha value is -2.50. The van der Waals surface area contributed by atoms with Crippen LogP contribution in [0.4, 0.5) is 0 Å².